The first-order chi connectivity index (χ1) is 13.5. The molecule has 1 aromatic carbocycles. The molecule has 3 rings (SSSR count). The van der Waals surface area contributed by atoms with Crippen LogP contribution in [0.2, 0.25) is 0 Å². The van der Waals surface area contributed by atoms with Gasteiger partial charge in [-0.3, -0.25) is 0 Å². The zero-order valence-corrected chi connectivity index (χ0v) is 16.0. The van der Waals surface area contributed by atoms with Gasteiger partial charge in [-0.2, -0.15) is 0 Å². The van der Waals surface area contributed by atoms with Crippen molar-refractivity contribution >= 4 is 18.0 Å². The van der Waals surface area contributed by atoms with E-state index < -0.39 is 24.0 Å². The van der Waals surface area contributed by atoms with E-state index >= 15 is 0 Å². The Kier molecular flexibility index (Phi) is 6.34. The summed E-state index contributed by atoms with van der Waals surface area (Å²) in [4.78, 5) is 36.3. The molecule has 2 aliphatic rings. The summed E-state index contributed by atoms with van der Waals surface area (Å²) in [6, 6.07) is 5.07. The number of amides is 2. The Labute approximate surface area is 164 Å². The first kappa shape index (κ1) is 19.9. The molecule has 1 aliphatic heterocycles. The van der Waals surface area contributed by atoms with Crippen molar-refractivity contribution in [3.05, 3.63) is 46.7 Å². The van der Waals surface area contributed by atoms with Gasteiger partial charge in [0.1, 0.15) is 0 Å². The lowest BCUT2D eigenvalue weighted by atomic mass is 9.90. The van der Waals surface area contributed by atoms with E-state index in [9.17, 15) is 19.5 Å². The molecule has 150 valence electrons. The highest BCUT2D eigenvalue weighted by Crippen LogP contribution is 2.30. The topological polar surface area (TPSA) is 105 Å². The highest BCUT2D eigenvalue weighted by molar-refractivity contribution is 5.95. The van der Waals surface area contributed by atoms with Gasteiger partial charge in [-0.05, 0) is 42.9 Å². The molecule has 0 aromatic heterocycles. The number of allylic oxidation sites excluding steroid dienone is 1. The third-order valence-corrected chi connectivity index (χ3v) is 5.37. The maximum absolute atomic E-state index is 12.9. The van der Waals surface area contributed by atoms with Gasteiger partial charge in [0, 0.05) is 5.70 Å². The largest absolute Gasteiger partial charge is 0.478 e. The van der Waals surface area contributed by atoms with Crippen LogP contribution in [0.15, 0.2) is 35.5 Å². The zero-order valence-electron chi connectivity index (χ0n) is 16.0. The number of esters is 1. The second kappa shape index (κ2) is 8.91. The first-order valence-corrected chi connectivity index (χ1v) is 9.80. The molecule has 28 heavy (non-hydrogen) atoms. The van der Waals surface area contributed by atoms with Crippen molar-refractivity contribution in [2.75, 3.05) is 6.61 Å². The van der Waals surface area contributed by atoms with E-state index in [1.807, 2.05) is 6.92 Å². The average Bonchev–Trinajstić information content (AvgIpc) is 2.72. The standard InChI is InChI=1S/C21H26N2O5/c1-2-16-17(20(26)28-12-13-7-4-3-5-8-13)18(23-21(27)22-16)14-9-6-10-15(11-14)19(24)25/h6,9-11,13,18H,2-5,7-8,12H2,1H3,(H,24,25)(H2,22,23,27). The van der Waals surface area contributed by atoms with Crippen LogP contribution in [0.4, 0.5) is 4.79 Å². The van der Waals surface area contributed by atoms with Gasteiger partial charge in [0.15, 0.2) is 0 Å². The predicted octanol–water partition coefficient (Wildman–Crippen LogP) is 3.53. The van der Waals surface area contributed by atoms with Crippen LogP contribution in [0, 0.1) is 5.92 Å². The minimum Gasteiger partial charge on any atom is -0.478 e. The van der Waals surface area contributed by atoms with Gasteiger partial charge in [0.2, 0.25) is 0 Å². The van der Waals surface area contributed by atoms with Crippen LogP contribution in [0.25, 0.3) is 0 Å². The Morgan fingerprint density at radius 2 is 1.96 bits per heavy atom. The molecule has 1 atom stereocenters. The fourth-order valence-electron chi connectivity index (χ4n) is 3.86. The number of hydrogen-bond donors (Lipinski definition) is 3. The third kappa shape index (κ3) is 4.52. The van der Waals surface area contributed by atoms with E-state index in [1.54, 1.807) is 12.1 Å². The summed E-state index contributed by atoms with van der Waals surface area (Å²) >= 11 is 0. The molecular weight excluding hydrogens is 360 g/mol. The molecule has 0 saturated heterocycles. The van der Waals surface area contributed by atoms with Gasteiger partial charge in [0.25, 0.3) is 0 Å². The molecule has 0 radical (unpaired) electrons. The van der Waals surface area contributed by atoms with E-state index in [1.165, 1.54) is 18.6 Å². The highest BCUT2D eigenvalue weighted by atomic mass is 16.5. The van der Waals surface area contributed by atoms with Crippen molar-refractivity contribution < 1.29 is 24.2 Å². The Morgan fingerprint density at radius 1 is 1.21 bits per heavy atom. The lowest BCUT2D eigenvalue weighted by molar-refractivity contribution is -0.141. The Morgan fingerprint density at radius 3 is 2.64 bits per heavy atom. The van der Waals surface area contributed by atoms with Crippen LogP contribution in [0.3, 0.4) is 0 Å². The Balaban J connectivity index is 1.86. The van der Waals surface area contributed by atoms with Crippen molar-refractivity contribution in [1.82, 2.24) is 10.6 Å². The van der Waals surface area contributed by atoms with Crippen LogP contribution >= 0.6 is 0 Å². The summed E-state index contributed by atoms with van der Waals surface area (Å²) in [6.07, 6.45) is 6.13. The summed E-state index contributed by atoms with van der Waals surface area (Å²) in [5.74, 6) is -1.16. The van der Waals surface area contributed by atoms with Crippen LogP contribution in [-0.4, -0.2) is 29.7 Å². The van der Waals surface area contributed by atoms with Crippen molar-refractivity contribution in [2.45, 2.75) is 51.5 Å². The first-order valence-electron chi connectivity index (χ1n) is 9.80. The maximum atomic E-state index is 12.9. The number of nitrogens with one attached hydrogen (secondary N) is 2. The van der Waals surface area contributed by atoms with Gasteiger partial charge in [-0.15, -0.1) is 0 Å². The number of aromatic carboxylic acids is 1. The second-order valence-electron chi connectivity index (χ2n) is 7.31. The lowest BCUT2D eigenvalue weighted by Gasteiger charge is -2.30. The monoisotopic (exact) mass is 386 g/mol. The number of urea groups is 1. The van der Waals surface area contributed by atoms with E-state index in [0.717, 1.165) is 25.7 Å². The number of rotatable bonds is 6. The third-order valence-electron chi connectivity index (χ3n) is 5.37. The molecule has 7 nitrogen and oxygen atoms in total. The van der Waals surface area contributed by atoms with Crippen molar-refractivity contribution in [3.63, 3.8) is 0 Å². The zero-order chi connectivity index (χ0) is 20.1. The molecule has 1 saturated carbocycles. The quantitative estimate of drug-likeness (QED) is 0.649. The SMILES string of the molecule is CCC1=C(C(=O)OCC2CCCCC2)C(c2cccc(C(=O)O)c2)NC(=O)N1. The smallest absolute Gasteiger partial charge is 0.338 e. The number of carboxylic acid groups (broad SMARTS) is 1. The molecule has 0 bridgehead atoms. The van der Waals surface area contributed by atoms with Crippen LogP contribution in [0.5, 0.6) is 0 Å². The molecule has 2 amide bonds. The molecular formula is C21H26N2O5. The maximum Gasteiger partial charge on any atom is 0.338 e. The Bertz CT molecular complexity index is 796. The van der Waals surface area contributed by atoms with E-state index in [-0.39, 0.29) is 5.56 Å². The summed E-state index contributed by atoms with van der Waals surface area (Å²) < 4.78 is 5.61. The molecule has 0 spiro atoms. The van der Waals surface area contributed by atoms with Crippen LogP contribution in [0.1, 0.15) is 67.4 Å². The fourth-order valence-corrected chi connectivity index (χ4v) is 3.86. The minimum absolute atomic E-state index is 0.0956. The van der Waals surface area contributed by atoms with Crippen molar-refractivity contribution in [2.24, 2.45) is 5.92 Å². The van der Waals surface area contributed by atoms with Crippen LogP contribution < -0.4 is 10.6 Å². The predicted molar refractivity (Wildman–Crippen MR) is 103 cm³/mol. The summed E-state index contributed by atoms with van der Waals surface area (Å²) in [7, 11) is 0. The summed E-state index contributed by atoms with van der Waals surface area (Å²) in [5.41, 5.74) is 1.46. The number of ether oxygens (including phenoxy) is 1. The molecule has 1 unspecified atom stereocenters. The van der Waals surface area contributed by atoms with E-state index in [2.05, 4.69) is 10.6 Å². The van der Waals surface area contributed by atoms with Crippen LogP contribution in [-0.2, 0) is 9.53 Å². The average molecular weight is 386 g/mol. The fraction of sp³-hybridized carbons (Fsp3) is 0.476. The molecule has 1 aliphatic carbocycles. The molecule has 1 aromatic rings. The van der Waals surface area contributed by atoms with E-state index in [0.29, 0.717) is 35.8 Å². The second-order valence-corrected chi connectivity index (χ2v) is 7.31. The number of carboxylic acids is 1. The normalized spacial score (nSPS) is 20.3. The lowest BCUT2D eigenvalue weighted by Crippen LogP contribution is -2.46. The van der Waals surface area contributed by atoms with Gasteiger partial charge in [0.05, 0.1) is 23.8 Å². The molecule has 1 fully saturated rings. The summed E-state index contributed by atoms with van der Waals surface area (Å²) in [5, 5.41) is 14.7. The number of benzene rings is 1. The Hall–Kier alpha value is -2.83. The van der Waals surface area contributed by atoms with Gasteiger partial charge >= 0.3 is 18.0 Å². The van der Waals surface area contributed by atoms with E-state index in [4.69, 9.17) is 4.74 Å². The number of carbonyl (C=O) groups excluding carboxylic acids is 2. The number of hydrogen-bond acceptors (Lipinski definition) is 4. The molecule has 3 N–H and O–H groups in total. The van der Waals surface area contributed by atoms with Gasteiger partial charge in [-0.25, -0.2) is 14.4 Å². The highest BCUT2D eigenvalue weighted by Gasteiger charge is 2.33. The van der Waals surface area contributed by atoms with Crippen molar-refractivity contribution in [3.8, 4) is 0 Å². The van der Waals surface area contributed by atoms with Gasteiger partial charge < -0.3 is 20.5 Å². The summed E-state index contributed by atoms with van der Waals surface area (Å²) in [6.45, 7) is 2.22. The van der Waals surface area contributed by atoms with Gasteiger partial charge in [-0.1, -0.05) is 38.3 Å². The molecule has 1 heterocycles. The number of carbonyl (C=O) groups is 3. The van der Waals surface area contributed by atoms with Crippen molar-refractivity contribution in [1.29, 1.82) is 0 Å². The molecule has 7 heteroatoms. The minimum atomic E-state index is -1.07.